The van der Waals surface area contributed by atoms with Gasteiger partial charge in [0.2, 0.25) is 59.8 Å². The van der Waals surface area contributed by atoms with E-state index in [-0.39, 0.29) is 76.7 Å². The summed E-state index contributed by atoms with van der Waals surface area (Å²) in [7, 11) is -5.17. The number of aliphatic hydroxyl groups is 1. The number of aromatic nitrogens is 2. The number of nitrogens with two attached hydrogens (primary N) is 7. The van der Waals surface area contributed by atoms with Crippen molar-refractivity contribution in [2.45, 2.75) is 207 Å². The predicted molar refractivity (Wildman–Crippen MR) is 333 cm³/mol. The Bertz CT molecular complexity index is 3420. The van der Waals surface area contributed by atoms with Crippen LogP contribution in [-0.4, -0.2) is 123 Å². The minimum atomic E-state index is -5.17. The van der Waals surface area contributed by atoms with Crippen molar-refractivity contribution in [1.82, 2.24) is 31.6 Å². The van der Waals surface area contributed by atoms with Gasteiger partial charge in [0.05, 0.1) is 12.1 Å². The van der Waals surface area contributed by atoms with E-state index in [4.69, 9.17) is 53.9 Å². The topological polar surface area (TPSA) is 484 Å². The van der Waals surface area contributed by atoms with Crippen LogP contribution in [0.2, 0.25) is 0 Å². The minimum absolute atomic E-state index is 0.0169. The number of carbonyl (C=O) groups excluding carboxylic acids is 8. The fourth-order valence-electron chi connectivity index (χ4n) is 16.7. The maximum atomic E-state index is 14.4. The van der Waals surface area contributed by atoms with Crippen LogP contribution in [0.5, 0.6) is 0 Å². The lowest BCUT2D eigenvalue weighted by Crippen LogP contribution is -2.64. The van der Waals surface area contributed by atoms with Crippen LogP contribution in [0.25, 0.3) is 11.0 Å². The van der Waals surface area contributed by atoms with Gasteiger partial charge in [-0.05, 0) is 125 Å². The first-order valence-corrected chi connectivity index (χ1v) is 32.7. The van der Waals surface area contributed by atoms with Crippen molar-refractivity contribution in [2.24, 2.45) is 85.5 Å². The molecule has 18 atom stereocenters. The number of primary amides is 7. The molecule has 6 aliphatic rings. The smallest absolute Gasteiger partial charge is 0.383 e. The Morgan fingerprint density at radius 3 is 1.87 bits per heavy atom. The second-order valence-electron chi connectivity index (χ2n) is 28.0. The molecular weight excluding hydrogens is 1200 g/mol. The van der Waals surface area contributed by atoms with Gasteiger partial charge in [-0.25, -0.2) is 9.55 Å². The molecule has 6 aliphatic heterocycles. The van der Waals surface area contributed by atoms with E-state index in [0.29, 0.717) is 34.4 Å². The zero-order valence-corrected chi connectivity index (χ0v) is 54.9. The summed E-state index contributed by atoms with van der Waals surface area (Å²) in [5.41, 5.74) is 43.4. The summed E-state index contributed by atoms with van der Waals surface area (Å²) in [4.78, 5) is 121. The number of hydrogen-bond donors (Lipinski definition) is 15. The number of carbonyl (C=O) groups is 8. The molecule has 2 aromatic rings. The number of aromatic amines is 1. The molecule has 8 rings (SSSR count). The number of aryl methyl sites for hydroxylation is 2. The van der Waals surface area contributed by atoms with Gasteiger partial charge in [-0.3, -0.25) is 47.4 Å². The van der Waals surface area contributed by atoms with Crippen molar-refractivity contribution >= 4 is 66.1 Å². The number of H-pyrrole nitrogens is 1. The third-order valence-electron chi connectivity index (χ3n) is 21.8. The van der Waals surface area contributed by atoms with Crippen LogP contribution in [-0.2, 0) is 56.7 Å². The molecule has 0 saturated carbocycles. The summed E-state index contributed by atoms with van der Waals surface area (Å²) in [5.74, 6) is -7.38. The van der Waals surface area contributed by atoms with Crippen LogP contribution in [0.1, 0.15) is 150 Å². The van der Waals surface area contributed by atoms with E-state index >= 15 is 0 Å². The van der Waals surface area contributed by atoms with Crippen LogP contribution in [0.15, 0.2) is 52.8 Å². The lowest BCUT2D eigenvalue weighted by molar-refractivity contribution is -0.743. The average molecular weight is 1290 g/mol. The molecule has 4 unspecified atom stereocenters. The van der Waals surface area contributed by atoms with Gasteiger partial charge in [-0.2, -0.15) is 4.57 Å². The van der Waals surface area contributed by atoms with Crippen LogP contribution >= 0.6 is 7.82 Å². The van der Waals surface area contributed by atoms with Crippen LogP contribution in [0.4, 0.5) is 0 Å². The highest BCUT2D eigenvalue weighted by atomic mass is 31.2. The number of fused-ring (bicyclic) bond motifs is 10. The molecule has 8 bridgehead atoms. The number of aliphatic hydroxyl groups excluding tert-OH is 1. The number of nitrogens with zero attached hydrogens (tertiary/aromatic N) is 1. The molecule has 0 aliphatic carbocycles. The molecule has 29 heteroatoms. The number of benzene rings is 1. The lowest BCUT2D eigenvalue weighted by atomic mass is 9.56. The maximum Gasteiger partial charge on any atom is 0.472 e. The van der Waals surface area contributed by atoms with Gasteiger partial charge in [-0.1, -0.05) is 34.6 Å². The van der Waals surface area contributed by atoms with E-state index in [0.717, 1.165) is 22.4 Å². The highest BCUT2D eigenvalue weighted by Crippen LogP contribution is 2.62. The lowest BCUT2D eigenvalue weighted by Gasteiger charge is -2.49. The van der Waals surface area contributed by atoms with Crippen molar-refractivity contribution in [3.8, 4) is 0 Å². The molecule has 5 saturated heterocycles. The van der Waals surface area contributed by atoms with Crippen molar-refractivity contribution in [3.05, 3.63) is 63.9 Å². The molecule has 8 amide bonds. The van der Waals surface area contributed by atoms with Crippen LogP contribution in [0, 0.1) is 59.2 Å². The van der Waals surface area contributed by atoms with Gasteiger partial charge in [0.15, 0.2) is 23.2 Å². The van der Waals surface area contributed by atoms with Crippen LogP contribution in [0.3, 0.4) is 0 Å². The fourth-order valence-corrected chi connectivity index (χ4v) is 17.8. The zero-order valence-electron chi connectivity index (χ0n) is 54.0. The summed E-state index contributed by atoms with van der Waals surface area (Å²) in [5, 5.41) is 29.9. The Morgan fingerprint density at radius 2 is 1.29 bits per heavy atom. The van der Waals surface area contributed by atoms with Gasteiger partial charge >= 0.3 is 7.82 Å². The number of rotatable bonds is 26. The summed E-state index contributed by atoms with van der Waals surface area (Å²) in [6.45, 7) is 20.6. The van der Waals surface area contributed by atoms with Gasteiger partial charge in [0, 0.05) is 120 Å². The Balaban J connectivity index is 1.18. The molecule has 502 valence electrons. The molecule has 7 heterocycles. The van der Waals surface area contributed by atoms with Crippen molar-refractivity contribution < 1.29 is 71.3 Å². The summed E-state index contributed by atoms with van der Waals surface area (Å²) < 4.78 is 32.2. The molecule has 1 aromatic carbocycles. The summed E-state index contributed by atoms with van der Waals surface area (Å²) >= 11 is 0. The van der Waals surface area contributed by atoms with Gasteiger partial charge < -0.3 is 81.5 Å². The monoisotopic (exact) mass is 1290 g/mol. The standard InChI is InChI=1S/C62H95N14O14P/c1-28-20-38-39(21-29(28)2)76(27-71-38)57-50(84)51(52(88-57)56(69)85)90-91(86,87)89-30(3)26-70-47(83)18-19-59(8)36(22-44(66)80)55-62(11)61(10,25-46(68)82)35(14-17-43(65)79)49(75-62)32(5)54-60(9,24-45(67)81)33(12-15-41(63)77)37(72-54)23-40-58(6,7)34(13-16-42(64)78)48(73-40)31(4)53(59)74-55/h20-21,23,27,30,33-37,48-52,55,57,72-75,84H,12-19,22,24-26H2,1-11H3,(H16,63,64,65,66,67,68,69,70,77,78,79,80,81,82,83,85,86,87)/p+1/b40-23-,53-31-,54-32-/t30-,33-,34-,35-,36+,37?,48?,49?,50-,51+,52+,55-,57+,59-,60+,61+,62+/m1/s1. The summed E-state index contributed by atoms with van der Waals surface area (Å²) in [6, 6.07) is 1.13. The molecule has 0 spiro atoms. The Hall–Kier alpha value is -6.94. The Labute approximate surface area is 530 Å². The first kappa shape index (κ1) is 69.9. The SMILES string of the molecule is C/C1=C2/N[C@H]([C@H](CC(N)=O)[C@@]2(C)CCC(=O)NC[C@@H](C)OP(=O)(O)O[C@H]2[C@@H](O)[C@@H]([n+]3c[nH]c4cc(C)c(C)cc43)O[C@@H]2C(N)=O)[C@]2(C)NC(/C(C)=C3\NC(/C=C4\NC1[C@@H](CCC(N)=O)C4(C)C)[C@@H](CCC(N)=O)[C@]3(C)CC(N)=O)[C@@H](CCC(N)=O)[C@]2(C)CC(N)=O. The number of imidazole rings is 1. The van der Waals surface area contributed by atoms with E-state index < -0.39 is 155 Å². The number of nitrogens with one attached hydrogen (secondary N) is 6. The average Bonchev–Trinajstić information content (AvgIpc) is 1.53. The number of ether oxygens (including phenoxy) is 1. The zero-order chi connectivity index (χ0) is 67.6. The molecule has 91 heavy (non-hydrogen) atoms. The van der Waals surface area contributed by atoms with E-state index in [1.807, 2.05) is 67.5 Å². The minimum Gasteiger partial charge on any atom is -0.383 e. The quantitative estimate of drug-likeness (QED) is 0.0454. The second-order valence-corrected chi connectivity index (χ2v) is 29.4. The highest BCUT2D eigenvalue weighted by molar-refractivity contribution is 7.47. The normalized spacial score (nSPS) is 36.4. The van der Waals surface area contributed by atoms with Gasteiger partial charge in [-0.15, -0.1) is 0 Å². The molecular formula is C62H96N14O14P+. The fraction of sp³-hybridized carbons (Fsp3) is 0.661. The highest BCUT2D eigenvalue weighted by Gasteiger charge is 2.68. The van der Waals surface area contributed by atoms with Gasteiger partial charge in [0.25, 0.3) is 0 Å². The van der Waals surface area contributed by atoms with E-state index in [1.165, 1.54) is 17.8 Å². The molecule has 22 N–H and O–H groups in total. The third-order valence-corrected chi connectivity index (χ3v) is 22.9. The second kappa shape index (κ2) is 25.9. The molecule has 5 fully saturated rings. The molecule has 28 nitrogen and oxygen atoms in total. The number of phosphoric ester groups is 1. The number of allylic oxidation sites excluding steroid dienone is 3. The Kier molecular flexibility index (Phi) is 19.9. The first-order chi connectivity index (χ1) is 42.2. The largest absolute Gasteiger partial charge is 0.472 e. The van der Waals surface area contributed by atoms with E-state index in [1.54, 1.807) is 0 Å². The van der Waals surface area contributed by atoms with Crippen molar-refractivity contribution in [2.75, 3.05) is 6.54 Å². The number of amides is 8. The predicted octanol–water partition coefficient (Wildman–Crippen LogP) is 0.627. The van der Waals surface area contributed by atoms with E-state index in [2.05, 4.69) is 51.5 Å². The van der Waals surface area contributed by atoms with E-state index in [9.17, 15) is 52.9 Å². The van der Waals surface area contributed by atoms with Gasteiger partial charge in [0.1, 0.15) is 6.10 Å². The molecule has 1 aromatic heterocycles. The maximum absolute atomic E-state index is 14.4. The summed E-state index contributed by atoms with van der Waals surface area (Å²) in [6.07, 6.45) is -4.20. The van der Waals surface area contributed by atoms with Crippen LogP contribution < -0.4 is 71.3 Å². The molecule has 0 radical (unpaired) electrons. The first-order valence-electron chi connectivity index (χ1n) is 31.2. The van der Waals surface area contributed by atoms with Crippen molar-refractivity contribution in [3.63, 3.8) is 0 Å². The number of phosphoric acid groups is 1. The number of hydrogen-bond acceptors (Lipinski definition) is 17. The Morgan fingerprint density at radius 1 is 0.714 bits per heavy atom. The third kappa shape index (κ3) is 13.4. The van der Waals surface area contributed by atoms with Crippen molar-refractivity contribution in [1.29, 1.82) is 0 Å².